The van der Waals surface area contributed by atoms with Crippen LogP contribution in [0.5, 0.6) is 11.5 Å². The predicted molar refractivity (Wildman–Crippen MR) is 116 cm³/mol. The lowest BCUT2D eigenvalue weighted by atomic mass is 9.87. The van der Waals surface area contributed by atoms with Crippen molar-refractivity contribution in [3.8, 4) is 11.5 Å². The third-order valence-electron chi connectivity index (χ3n) is 5.32. The van der Waals surface area contributed by atoms with E-state index in [1.54, 1.807) is 6.92 Å². The maximum atomic E-state index is 12.2. The molecule has 0 saturated heterocycles. The van der Waals surface area contributed by atoms with Gasteiger partial charge in [-0.15, -0.1) is 0 Å². The molecule has 0 heterocycles. The highest BCUT2D eigenvalue weighted by Gasteiger charge is 2.30. The summed E-state index contributed by atoms with van der Waals surface area (Å²) in [6.45, 7) is 3.99. The first-order valence-electron chi connectivity index (χ1n) is 10.9. The molecule has 10 heteroatoms. The third-order valence-corrected chi connectivity index (χ3v) is 5.32. The van der Waals surface area contributed by atoms with Gasteiger partial charge >= 0.3 is 24.1 Å². The van der Waals surface area contributed by atoms with Gasteiger partial charge in [-0.05, 0) is 56.7 Å². The van der Waals surface area contributed by atoms with Crippen LogP contribution >= 0.6 is 0 Å². The summed E-state index contributed by atoms with van der Waals surface area (Å²) in [6, 6.07) is 2.96. The number of rotatable bonds is 9. The van der Waals surface area contributed by atoms with Crippen LogP contribution in [0.1, 0.15) is 70.8 Å². The van der Waals surface area contributed by atoms with Crippen LogP contribution in [0.2, 0.25) is 0 Å². The summed E-state index contributed by atoms with van der Waals surface area (Å²) in [6.07, 6.45) is 3.09. The van der Waals surface area contributed by atoms with Crippen LogP contribution in [0.3, 0.4) is 0 Å². The third kappa shape index (κ3) is 8.38. The normalized spacial score (nSPS) is 16.7. The Hall–Kier alpha value is -3.14. The fraction of sp³-hybridized carbons (Fsp3) is 0.565. The van der Waals surface area contributed by atoms with Crippen molar-refractivity contribution in [2.24, 2.45) is 5.73 Å². The molecule has 33 heavy (non-hydrogen) atoms. The summed E-state index contributed by atoms with van der Waals surface area (Å²) in [7, 11) is 0. The number of aliphatic carboxylic acids is 1. The summed E-state index contributed by atoms with van der Waals surface area (Å²) in [5.74, 6) is -3.38. The Labute approximate surface area is 192 Å². The molecule has 2 rings (SSSR count). The molecule has 1 aliphatic rings. The van der Waals surface area contributed by atoms with Gasteiger partial charge in [0.25, 0.3) is 0 Å². The van der Waals surface area contributed by atoms with Gasteiger partial charge in [-0.1, -0.05) is 12.5 Å². The van der Waals surface area contributed by atoms with Crippen molar-refractivity contribution in [3.05, 3.63) is 23.8 Å². The molecule has 0 spiro atoms. The van der Waals surface area contributed by atoms with Crippen LogP contribution in [0.25, 0.3) is 0 Å². The van der Waals surface area contributed by atoms with Crippen LogP contribution in [-0.4, -0.2) is 47.4 Å². The quantitative estimate of drug-likeness (QED) is 0.410. The molecule has 0 amide bonds. The SMILES string of the molecule is CC(=O)Oc1ccc(C(CC(C)OC(=O)OC2CCCCC2)[C@H](N)C(=O)O)cc1OC(C)=O. The van der Waals surface area contributed by atoms with E-state index in [4.69, 9.17) is 24.7 Å². The standard InChI is InChI=1S/C23H31NO9/c1-13(30-23(29)33-17-7-5-4-6-8-17)11-18(21(24)22(27)28)16-9-10-19(31-14(2)25)20(12-16)32-15(3)26/h9-10,12-13,17-18,21H,4-8,11,24H2,1-3H3,(H,27,28)/t13?,18?,21-/m0/s1. The number of benzene rings is 1. The number of ether oxygens (including phenoxy) is 4. The number of hydrogen-bond acceptors (Lipinski definition) is 9. The Morgan fingerprint density at radius 2 is 1.64 bits per heavy atom. The molecule has 10 nitrogen and oxygen atoms in total. The first-order valence-corrected chi connectivity index (χ1v) is 10.9. The van der Waals surface area contributed by atoms with Crippen molar-refractivity contribution in [1.29, 1.82) is 0 Å². The van der Waals surface area contributed by atoms with Crippen LogP contribution < -0.4 is 15.2 Å². The lowest BCUT2D eigenvalue weighted by Crippen LogP contribution is -2.38. The zero-order valence-corrected chi connectivity index (χ0v) is 19.1. The van der Waals surface area contributed by atoms with E-state index >= 15 is 0 Å². The molecule has 1 saturated carbocycles. The molecule has 1 fully saturated rings. The Balaban J connectivity index is 2.19. The molecular weight excluding hydrogens is 434 g/mol. The fourth-order valence-corrected chi connectivity index (χ4v) is 3.81. The van der Waals surface area contributed by atoms with Crippen LogP contribution in [0.15, 0.2) is 18.2 Å². The molecule has 1 aromatic rings. The number of carbonyl (C=O) groups is 4. The average molecular weight is 465 g/mol. The molecule has 1 aliphatic carbocycles. The maximum Gasteiger partial charge on any atom is 0.508 e. The lowest BCUT2D eigenvalue weighted by molar-refractivity contribution is -0.139. The first-order chi connectivity index (χ1) is 15.6. The molecule has 1 aromatic carbocycles. The van der Waals surface area contributed by atoms with E-state index in [1.807, 2.05) is 0 Å². The van der Waals surface area contributed by atoms with E-state index in [1.165, 1.54) is 32.0 Å². The highest BCUT2D eigenvalue weighted by atomic mass is 16.7. The largest absolute Gasteiger partial charge is 0.508 e. The molecule has 3 atom stereocenters. The number of carboxylic acids is 1. The Morgan fingerprint density at radius 3 is 2.21 bits per heavy atom. The number of carbonyl (C=O) groups excluding carboxylic acids is 3. The summed E-state index contributed by atoms with van der Waals surface area (Å²) in [5, 5.41) is 9.50. The average Bonchev–Trinajstić information content (AvgIpc) is 2.72. The van der Waals surface area contributed by atoms with Gasteiger partial charge in [-0.3, -0.25) is 14.4 Å². The minimum atomic E-state index is -1.34. The van der Waals surface area contributed by atoms with E-state index in [9.17, 15) is 24.3 Å². The topological polar surface area (TPSA) is 151 Å². The zero-order valence-electron chi connectivity index (χ0n) is 19.1. The van der Waals surface area contributed by atoms with Crippen molar-refractivity contribution < 1.29 is 43.2 Å². The molecule has 0 aromatic heterocycles. The highest BCUT2D eigenvalue weighted by Crippen LogP contribution is 2.35. The van der Waals surface area contributed by atoms with E-state index in [-0.39, 0.29) is 24.0 Å². The number of hydrogen-bond donors (Lipinski definition) is 2. The number of esters is 2. The first kappa shape index (κ1) is 26.1. The van der Waals surface area contributed by atoms with Gasteiger partial charge in [-0.2, -0.15) is 0 Å². The van der Waals surface area contributed by atoms with Crippen molar-refractivity contribution in [2.75, 3.05) is 0 Å². The fourth-order valence-electron chi connectivity index (χ4n) is 3.81. The van der Waals surface area contributed by atoms with Gasteiger partial charge in [0, 0.05) is 19.8 Å². The van der Waals surface area contributed by atoms with Gasteiger partial charge in [0.1, 0.15) is 18.2 Å². The highest BCUT2D eigenvalue weighted by molar-refractivity contribution is 5.76. The van der Waals surface area contributed by atoms with Gasteiger partial charge in [0.05, 0.1) is 0 Å². The van der Waals surface area contributed by atoms with E-state index in [0.717, 1.165) is 32.1 Å². The van der Waals surface area contributed by atoms with Gasteiger partial charge in [0.2, 0.25) is 0 Å². The summed E-state index contributed by atoms with van der Waals surface area (Å²) in [4.78, 5) is 46.6. The van der Waals surface area contributed by atoms with E-state index in [0.29, 0.717) is 5.56 Å². The number of carboxylic acid groups (broad SMARTS) is 1. The summed E-state index contributed by atoms with van der Waals surface area (Å²) < 4.78 is 20.9. The van der Waals surface area contributed by atoms with Crippen molar-refractivity contribution in [3.63, 3.8) is 0 Å². The molecule has 182 valence electrons. The minimum absolute atomic E-state index is 0.00412. The molecule has 0 radical (unpaired) electrons. The van der Waals surface area contributed by atoms with Crippen LogP contribution in [-0.2, 0) is 23.9 Å². The Morgan fingerprint density at radius 1 is 1.03 bits per heavy atom. The molecule has 3 N–H and O–H groups in total. The molecule has 0 bridgehead atoms. The maximum absolute atomic E-state index is 12.2. The lowest BCUT2D eigenvalue weighted by Gasteiger charge is -2.26. The van der Waals surface area contributed by atoms with E-state index in [2.05, 4.69) is 0 Å². The second kappa shape index (κ2) is 12.2. The molecule has 2 unspecified atom stereocenters. The number of nitrogens with two attached hydrogens (primary N) is 1. The monoisotopic (exact) mass is 465 g/mol. The van der Waals surface area contributed by atoms with Crippen LogP contribution in [0, 0.1) is 0 Å². The summed E-state index contributed by atoms with van der Waals surface area (Å²) in [5.41, 5.74) is 6.34. The Kier molecular flexibility index (Phi) is 9.65. The van der Waals surface area contributed by atoms with Crippen LogP contribution in [0.4, 0.5) is 4.79 Å². The van der Waals surface area contributed by atoms with Crippen molar-refractivity contribution >= 4 is 24.1 Å². The summed E-state index contributed by atoms with van der Waals surface area (Å²) >= 11 is 0. The molecule has 0 aliphatic heterocycles. The van der Waals surface area contributed by atoms with E-state index < -0.39 is 42.1 Å². The second-order valence-electron chi connectivity index (χ2n) is 8.16. The van der Waals surface area contributed by atoms with Crippen molar-refractivity contribution in [1.82, 2.24) is 0 Å². The predicted octanol–water partition coefficient (Wildman–Crippen LogP) is 3.30. The van der Waals surface area contributed by atoms with Gasteiger partial charge < -0.3 is 29.8 Å². The zero-order chi connectivity index (χ0) is 24.5. The smallest absolute Gasteiger partial charge is 0.480 e. The minimum Gasteiger partial charge on any atom is -0.480 e. The Bertz CT molecular complexity index is 863. The van der Waals surface area contributed by atoms with Gasteiger partial charge in [0.15, 0.2) is 11.5 Å². The second-order valence-corrected chi connectivity index (χ2v) is 8.16. The molecular formula is C23H31NO9. The van der Waals surface area contributed by atoms with Crippen molar-refractivity contribution in [2.45, 2.75) is 83.5 Å². The van der Waals surface area contributed by atoms with Gasteiger partial charge in [-0.25, -0.2) is 4.79 Å².